The number of methoxy groups -OCH3 is 1. The third-order valence-electron chi connectivity index (χ3n) is 3.32. The van der Waals surface area contributed by atoms with Gasteiger partial charge in [-0.2, -0.15) is 0 Å². The van der Waals surface area contributed by atoms with Gasteiger partial charge in [0.15, 0.2) is 0 Å². The normalized spacial score (nSPS) is 11.0. The van der Waals surface area contributed by atoms with Crippen LogP contribution in [0.3, 0.4) is 0 Å². The monoisotopic (exact) mass is 298 g/mol. The average Bonchev–Trinajstić information content (AvgIpc) is 2.90. The number of benzene rings is 2. The van der Waals surface area contributed by atoms with Crippen molar-refractivity contribution in [2.24, 2.45) is 0 Å². The maximum absolute atomic E-state index is 5.76. The molecule has 0 unspecified atom stereocenters. The van der Waals surface area contributed by atoms with Crippen LogP contribution >= 0.6 is 11.3 Å². The van der Waals surface area contributed by atoms with Gasteiger partial charge in [-0.3, -0.25) is 0 Å². The summed E-state index contributed by atoms with van der Waals surface area (Å²) >= 11 is 1.75. The number of fused-ring (bicyclic) bond motifs is 1. The Bertz CT molecular complexity index is 742. The van der Waals surface area contributed by atoms with Crippen molar-refractivity contribution in [3.05, 3.63) is 47.8 Å². The third kappa shape index (κ3) is 2.88. The van der Waals surface area contributed by atoms with Crippen LogP contribution in [0.5, 0.6) is 11.5 Å². The molecule has 0 spiro atoms. The van der Waals surface area contributed by atoms with Crippen LogP contribution in [0.4, 0.5) is 0 Å². The van der Waals surface area contributed by atoms with E-state index in [1.807, 2.05) is 32.0 Å². The summed E-state index contributed by atoms with van der Waals surface area (Å²) in [6, 6.07) is 14.5. The highest BCUT2D eigenvalue weighted by Gasteiger charge is 2.08. The van der Waals surface area contributed by atoms with Crippen LogP contribution in [0.1, 0.15) is 13.8 Å². The molecule has 0 bridgehead atoms. The first kappa shape index (κ1) is 14.0. The molecule has 0 saturated carbocycles. The van der Waals surface area contributed by atoms with E-state index in [2.05, 4.69) is 29.6 Å². The van der Waals surface area contributed by atoms with E-state index in [9.17, 15) is 0 Å². The summed E-state index contributed by atoms with van der Waals surface area (Å²) in [5, 5.41) is 3.47. The minimum absolute atomic E-state index is 0.198. The summed E-state index contributed by atoms with van der Waals surface area (Å²) in [6.07, 6.45) is 0.198. The Morgan fingerprint density at radius 2 is 1.67 bits per heavy atom. The molecule has 3 rings (SSSR count). The lowest BCUT2D eigenvalue weighted by molar-refractivity contribution is 0.243. The minimum Gasteiger partial charge on any atom is -0.497 e. The average molecular weight is 298 g/mol. The van der Waals surface area contributed by atoms with Crippen LogP contribution in [0.25, 0.3) is 21.2 Å². The van der Waals surface area contributed by atoms with Crippen LogP contribution < -0.4 is 9.47 Å². The molecule has 21 heavy (non-hydrogen) atoms. The van der Waals surface area contributed by atoms with Crippen molar-refractivity contribution in [1.29, 1.82) is 0 Å². The van der Waals surface area contributed by atoms with Crippen LogP contribution in [0, 0.1) is 0 Å². The predicted molar refractivity (Wildman–Crippen MR) is 89.6 cm³/mol. The summed E-state index contributed by atoms with van der Waals surface area (Å²) in [6.45, 7) is 4.09. The Hall–Kier alpha value is -2.00. The molecular formula is C18H18O2S. The Kier molecular flexibility index (Phi) is 3.84. The number of thiophene rings is 1. The SMILES string of the molecule is COc1ccc(-c2csc3cc(OC(C)C)ccc23)cc1. The molecule has 0 aliphatic carbocycles. The van der Waals surface area contributed by atoms with Gasteiger partial charge in [0.25, 0.3) is 0 Å². The fourth-order valence-corrected chi connectivity index (χ4v) is 3.35. The molecule has 0 atom stereocenters. The first-order valence-electron chi connectivity index (χ1n) is 6.99. The van der Waals surface area contributed by atoms with Crippen molar-refractivity contribution in [3.8, 4) is 22.6 Å². The van der Waals surface area contributed by atoms with Gasteiger partial charge in [-0.25, -0.2) is 0 Å². The second kappa shape index (κ2) is 5.78. The van der Waals surface area contributed by atoms with Gasteiger partial charge in [-0.1, -0.05) is 12.1 Å². The molecule has 2 aromatic carbocycles. The van der Waals surface area contributed by atoms with Crippen LogP contribution in [0.15, 0.2) is 47.8 Å². The molecule has 3 heteroatoms. The quantitative estimate of drug-likeness (QED) is 0.645. The summed E-state index contributed by atoms with van der Waals surface area (Å²) < 4.78 is 12.2. The van der Waals surface area contributed by atoms with Gasteiger partial charge in [0.1, 0.15) is 11.5 Å². The zero-order chi connectivity index (χ0) is 14.8. The molecule has 0 aliphatic heterocycles. The summed E-state index contributed by atoms with van der Waals surface area (Å²) in [5.41, 5.74) is 2.47. The second-order valence-corrected chi connectivity index (χ2v) is 6.11. The molecule has 0 fully saturated rings. The van der Waals surface area contributed by atoms with Crippen molar-refractivity contribution in [3.63, 3.8) is 0 Å². The summed E-state index contributed by atoms with van der Waals surface area (Å²) in [4.78, 5) is 0. The maximum Gasteiger partial charge on any atom is 0.121 e. The minimum atomic E-state index is 0.198. The Labute approximate surface area is 128 Å². The van der Waals surface area contributed by atoms with Gasteiger partial charge < -0.3 is 9.47 Å². The highest BCUT2D eigenvalue weighted by atomic mass is 32.1. The van der Waals surface area contributed by atoms with E-state index in [0.29, 0.717) is 0 Å². The van der Waals surface area contributed by atoms with Gasteiger partial charge in [-0.15, -0.1) is 11.3 Å². The maximum atomic E-state index is 5.76. The van der Waals surface area contributed by atoms with Crippen LogP contribution in [0.2, 0.25) is 0 Å². The van der Waals surface area contributed by atoms with Gasteiger partial charge in [0.2, 0.25) is 0 Å². The van der Waals surface area contributed by atoms with Crippen molar-refractivity contribution < 1.29 is 9.47 Å². The van der Waals surface area contributed by atoms with E-state index in [1.54, 1.807) is 18.4 Å². The third-order valence-corrected chi connectivity index (χ3v) is 4.27. The van der Waals surface area contributed by atoms with E-state index in [4.69, 9.17) is 9.47 Å². The van der Waals surface area contributed by atoms with Crippen LogP contribution in [-0.4, -0.2) is 13.2 Å². The van der Waals surface area contributed by atoms with Gasteiger partial charge in [0.05, 0.1) is 13.2 Å². The van der Waals surface area contributed by atoms with Gasteiger partial charge >= 0.3 is 0 Å². The molecule has 1 aromatic heterocycles. The fourth-order valence-electron chi connectivity index (χ4n) is 2.35. The van der Waals surface area contributed by atoms with Crippen molar-refractivity contribution >= 4 is 21.4 Å². The van der Waals surface area contributed by atoms with Gasteiger partial charge in [0, 0.05) is 15.6 Å². The predicted octanol–water partition coefficient (Wildman–Crippen LogP) is 5.36. The lowest BCUT2D eigenvalue weighted by atomic mass is 10.0. The van der Waals surface area contributed by atoms with E-state index in [1.165, 1.54) is 21.2 Å². The molecule has 108 valence electrons. The first-order chi connectivity index (χ1) is 10.2. The Morgan fingerprint density at radius 1 is 0.952 bits per heavy atom. The highest BCUT2D eigenvalue weighted by Crippen LogP contribution is 2.36. The summed E-state index contributed by atoms with van der Waals surface area (Å²) in [5.74, 6) is 1.81. The van der Waals surface area contributed by atoms with Gasteiger partial charge in [-0.05, 0) is 55.1 Å². The summed E-state index contributed by atoms with van der Waals surface area (Å²) in [7, 11) is 1.69. The topological polar surface area (TPSA) is 18.5 Å². The van der Waals surface area contributed by atoms with Crippen LogP contribution in [-0.2, 0) is 0 Å². The number of hydrogen-bond acceptors (Lipinski definition) is 3. The van der Waals surface area contributed by atoms with E-state index in [0.717, 1.165) is 11.5 Å². The molecule has 2 nitrogen and oxygen atoms in total. The van der Waals surface area contributed by atoms with Crippen molar-refractivity contribution in [2.75, 3.05) is 7.11 Å². The zero-order valence-corrected chi connectivity index (χ0v) is 13.2. The number of rotatable bonds is 4. The largest absolute Gasteiger partial charge is 0.497 e. The molecule has 0 N–H and O–H groups in total. The zero-order valence-electron chi connectivity index (χ0n) is 12.4. The number of ether oxygens (including phenoxy) is 2. The molecule has 3 aromatic rings. The molecular weight excluding hydrogens is 280 g/mol. The first-order valence-corrected chi connectivity index (χ1v) is 7.87. The molecule has 1 heterocycles. The lowest BCUT2D eigenvalue weighted by Crippen LogP contribution is -2.04. The molecule has 0 radical (unpaired) electrons. The van der Waals surface area contributed by atoms with E-state index < -0.39 is 0 Å². The second-order valence-electron chi connectivity index (χ2n) is 5.20. The standard InChI is InChI=1S/C18H18O2S/c1-12(2)20-15-8-9-16-17(11-21-18(16)10-15)13-4-6-14(19-3)7-5-13/h4-12H,1-3H3. The lowest BCUT2D eigenvalue weighted by Gasteiger charge is -2.09. The van der Waals surface area contributed by atoms with Crippen molar-refractivity contribution in [2.45, 2.75) is 20.0 Å². The van der Waals surface area contributed by atoms with E-state index >= 15 is 0 Å². The van der Waals surface area contributed by atoms with Crippen molar-refractivity contribution in [1.82, 2.24) is 0 Å². The Balaban J connectivity index is 1.99. The molecule has 0 aliphatic rings. The fraction of sp³-hybridized carbons (Fsp3) is 0.222. The smallest absolute Gasteiger partial charge is 0.121 e. The Morgan fingerprint density at radius 3 is 2.33 bits per heavy atom. The molecule has 0 saturated heterocycles. The number of hydrogen-bond donors (Lipinski definition) is 0. The van der Waals surface area contributed by atoms with E-state index in [-0.39, 0.29) is 6.10 Å². The molecule has 0 amide bonds. The highest BCUT2D eigenvalue weighted by molar-refractivity contribution is 7.17.